The van der Waals surface area contributed by atoms with Gasteiger partial charge in [0.15, 0.2) is 0 Å². The molecule has 0 fully saturated rings. The molecule has 102 valence electrons. The van der Waals surface area contributed by atoms with Gasteiger partial charge in [0, 0.05) is 24.5 Å². The van der Waals surface area contributed by atoms with Crippen LogP contribution in [0.2, 0.25) is 0 Å². The standard InChI is InChI=1S/C13H15N7/c1-10(11-7-15-19(2)8-11)16-12-4-3-5-13(6-12)20-9-14-17-18-20/h3-10,16H,1-2H3. The molecule has 3 aromatic rings. The van der Waals surface area contributed by atoms with E-state index in [0.29, 0.717) is 0 Å². The summed E-state index contributed by atoms with van der Waals surface area (Å²) >= 11 is 0. The van der Waals surface area contributed by atoms with Gasteiger partial charge < -0.3 is 5.32 Å². The first-order chi connectivity index (χ1) is 9.72. The molecule has 0 amide bonds. The molecular weight excluding hydrogens is 254 g/mol. The van der Waals surface area contributed by atoms with E-state index in [1.807, 2.05) is 43.7 Å². The summed E-state index contributed by atoms with van der Waals surface area (Å²) in [4.78, 5) is 0. The Labute approximate surface area is 116 Å². The van der Waals surface area contributed by atoms with E-state index in [-0.39, 0.29) is 6.04 Å². The molecular formula is C13H15N7. The molecule has 0 saturated carbocycles. The fourth-order valence-electron chi connectivity index (χ4n) is 2.01. The second kappa shape index (κ2) is 5.12. The van der Waals surface area contributed by atoms with Gasteiger partial charge >= 0.3 is 0 Å². The number of benzene rings is 1. The van der Waals surface area contributed by atoms with E-state index in [9.17, 15) is 0 Å². The maximum Gasteiger partial charge on any atom is 0.143 e. The van der Waals surface area contributed by atoms with Crippen LogP contribution < -0.4 is 5.32 Å². The second-order valence-corrected chi connectivity index (χ2v) is 4.62. The Hall–Kier alpha value is -2.70. The zero-order valence-corrected chi connectivity index (χ0v) is 11.3. The maximum absolute atomic E-state index is 4.18. The van der Waals surface area contributed by atoms with E-state index in [4.69, 9.17) is 0 Å². The number of tetrazole rings is 1. The molecule has 1 atom stereocenters. The van der Waals surface area contributed by atoms with Gasteiger partial charge in [0.05, 0.1) is 17.9 Å². The lowest BCUT2D eigenvalue weighted by Crippen LogP contribution is -2.06. The number of aryl methyl sites for hydroxylation is 1. The number of nitrogens with zero attached hydrogens (tertiary/aromatic N) is 6. The first kappa shape index (κ1) is 12.3. The highest BCUT2D eigenvalue weighted by Crippen LogP contribution is 2.20. The van der Waals surface area contributed by atoms with Crippen LogP contribution in [0.5, 0.6) is 0 Å². The number of rotatable bonds is 4. The number of aromatic nitrogens is 6. The Morgan fingerprint density at radius 3 is 2.90 bits per heavy atom. The third-order valence-electron chi connectivity index (χ3n) is 3.07. The monoisotopic (exact) mass is 269 g/mol. The number of nitrogens with one attached hydrogen (secondary N) is 1. The van der Waals surface area contributed by atoms with Gasteiger partial charge in [0.1, 0.15) is 6.33 Å². The quantitative estimate of drug-likeness (QED) is 0.778. The number of anilines is 1. The molecule has 2 heterocycles. The predicted octanol–water partition coefficient (Wildman–Crippen LogP) is 1.57. The van der Waals surface area contributed by atoms with Crippen LogP contribution in [0.15, 0.2) is 43.0 Å². The fraction of sp³-hybridized carbons (Fsp3) is 0.231. The van der Waals surface area contributed by atoms with Crippen molar-refractivity contribution < 1.29 is 0 Å². The Morgan fingerprint density at radius 1 is 1.30 bits per heavy atom. The van der Waals surface area contributed by atoms with Crippen LogP contribution in [0.4, 0.5) is 5.69 Å². The summed E-state index contributed by atoms with van der Waals surface area (Å²) in [5.41, 5.74) is 3.06. The van der Waals surface area contributed by atoms with E-state index in [1.54, 1.807) is 15.7 Å². The first-order valence-electron chi connectivity index (χ1n) is 6.31. The molecule has 0 aliphatic heterocycles. The SMILES string of the molecule is CC(Nc1cccc(-n2cnnn2)c1)c1cnn(C)c1. The molecule has 0 aliphatic carbocycles. The molecule has 1 unspecified atom stereocenters. The second-order valence-electron chi connectivity index (χ2n) is 4.62. The highest BCUT2D eigenvalue weighted by Gasteiger charge is 2.08. The lowest BCUT2D eigenvalue weighted by molar-refractivity contribution is 0.765. The van der Waals surface area contributed by atoms with Crippen molar-refractivity contribution in [1.29, 1.82) is 0 Å². The average molecular weight is 269 g/mol. The molecule has 0 aliphatic rings. The van der Waals surface area contributed by atoms with Crippen LogP contribution in [-0.2, 0) is 7.05 Å². The molecule has 0 bridgehead atoms. The third-order valence-corrected chi connectivity index (χ3v) is 3.07. The van der Waals surface area contributed by atoms with Crippen molar-refractivity contribution in [3.05, 3.63) is 48.5 Å². The minimum absolute atomic E-state index is 0.174. The van der Waals surface area contributed by atoms with Crippen molar-refractivity contribution in [1.82, 2.24) is 30.0 Å². The number of hydrogen-bond donors (Lipinski definition) is 1. The van der Waals surface area contributed by atoms with Crippen LogP contribution in [-0.4, -0.2) is 30.0 Å². The highest BCUT2D eigenvalue weighted by molar-refractivity contribution is 5.51. The van der Waals surface area contributed by atoms with Gasteiger partial charge in [-0.2, -0.15) is 5.10 Å². The fourth-order valence-corrected chi connectivity index (χ4v) is 2.01. The molecule has 7 nitrogen and oxygen atoms in total. The van der Waals surface area contributed by atoms with E-state index >= 15 is 0 Å². The predicted molar refractivity (Wildman–Crippen MR) is 74.4 cm³/mol. The molecule has 1 aromatic carbocycles. The van der Waals surface area contributed by atoms with Gasteiger partial charge in [0.2, 0.25) is 0 Å². The zero-order chi connectivity index (χ0) is 13.9. The van der Waals surface area contributed by atoms with Crippen LogP contribution in [0.25, 0.3) is 5.69 Å². The Morgan fingerprint density at radius 2 is 2.20 bits per heavy atom. The van der Waals surface area contributed by atoms with Gasteiger partial charge in [-0.3, -0.25) is 4.68 Å². The Balaban J connectivity index is 1.79. The summed E-state index contributed by atoms with van der Waals surface area (Å²) < 4.78 is 3.42. The molecule has 7 heteroatoms. The minimum Gasteiger partial charge on any atom is -0.378 e. The smallest absolute Gasteiger partial charge is 0.143 e. The summed E-state index contributed by atoms with van der Waals surface area (Å²) in [5, 5.41) is 18.8. The van der Waals surface area contributed by atoms with Gasteiger partial charge in [-0.05, 0) is 35.5 Å². The Bertz CT molecular complexity index is 686. The maximum atomic E-state index is 4.18. The molecule has 0 saturated heterocycles. The largest absolute Gasteiger partial charge is 0.378 e. The summed E-state index contributed by atoms with van der Waals surface area (Å²) in [7, 11) is 1.91. The molecule has 1 N–H and O–H groups in total. The number of hydrogen-bond acceptors (Lipinski definition) is 5. The molecule has 0 spiro atoms. The van der Waals surface area contributed by atoms with E-state index in [2.05, 4.69) is 32.9 Å². The molecule has 3 rings (SSSR count). The van der Waals surface area contributed by atoms with Crippen LogP contribution >= 0.6 is 0 Å². The van der Waals surface area contributed by atoms with E-state index < -0.39 is 0 Å². The van der Waals surface area contributed by atoms with Crippen molar-refractivity contribution in [2.75, 3.05) is 5.32 Å². The first-order valence-corrected chi connectivity index (χ1v) is 6.31. The highest BCUT2D eigenvalue weighted by atomic mass is 15.5. The summed E-state index contributed by atoms with van der Waals surface area (Å²) in [6, 6.07) is 8.11. The minimum atomic E-state index is 0.174. The van der Waals surface area contributed by atoms with Crippen molar-refractivity contribution in [3.63, 3.8) is 0 Å². The van der Waals surface area contributed by atoms with Gasteiger partial charge in [-0.15, -0.1) is 5.10 Å². The Kier molecular flexibility index (Phi) is 3.16. The van der Waals surface area contributed by atoms with Crippen molar-refractivity contribution in [2.45, 2.75) is 13.0 Å². The molecule has 0 radical (unpaired) electrons. The van der Waals surface area contributed by atoms with Gasteiger partial charge in [0.25, 0.3) is 0 Å². The summed E-state index contributed by atoms with van der Waals surface area (Å²) in [5.74, 6) is 0. The molecule has 2 aromatic heterocycles. The van der Waals surface area contributed by atoms with Crippen LogP contribution in [0.3, 0.4) is 0 Å². The zero-order valence-electron chi connectivity index (χ0n) is 11.3. The third kappa shape index (κ3) is 2.51. The van der Waals surface area contributed by atoms with Crippen LogP contribution in [0, 0.1) is 0 Å². The van der Waals surface area contributed by atoms with Gasteiger partial charge in [-0.25, -0.2) is 4.68 Å². The lowest BCUT2D eigenvalue weighted by atomic mass is 10.1. The van der Waals surface area contributed by atoms with E-state index in [1.165, 1.54) is 0 Å². The summed E-state index contributed by atoms with van der Waals surface area (Å²) in [6.45, 7) is 2.10. The molecule has 20 heavy (non-hydrogen) atoms. The van der Waals surface area contributed by atoms with Crippen molar-refractivity contribution >= 4 is 5.69 Å². The normalized spacial score (nSPS) is 12.3. The van der Waals surface area contributed by atoms with E-state index in [0.717, 1.165) is 16.9 Å². The average Bonchev–Trinajstić information content (AvgIpc) is 3.10. The lowest BCUT2D eigenvalue weighted by Gasteiger charge is -2.14. The van der Waals surface area contributed by atoms with Crippen LogP contribution in [0.1, 0.15) is 18.5 Å². The van der Waals surface area contributed by atoms with Crippen molar-refractivity contribution in [3.8, 4) is 5.69 Å². The summed E-state index contributed by atoms with van der Waals surface area (Å²) in [6.07, 6.45) is 5.44. The van der Waals surface area contributed by atoms with Crippen molar-refractivity contribution in [2.24, 2.45) is 7.05 Å². The topological polar surface area (TPSA) is 73.5 Å². The van der Waals surface area contributed by atoms with Gasteiger partial charge in [-0.1, -0.05) is 6.07 Å².